The van der Waals surface area contributed by atoms with E-state index in [1.54, 1.807) is 4.90 Å². The first-order chi connectivity index (χ1) is 33.6. The van der Waals surface area contributed by atoms with E-state index >= 15 is 0 Å². The van der Waals surface area contributed by atoms with Crippen LogP contribution in [0.1, 0.15) is 150 Å². The third-order valence-corrected chi connectivity index (χ3v) is 31.3. The summed E-state index contributed by atoms with van der Waals surface area (Å²) < 4.78 is 54.0. The van der Waals surface area contributed by atoms with Gasteiger partial charge in [-0.3, -0.25) is 4.79 Å². The fraction of sp³-hybridized carbons (Fsp3) is 0.857. The summed E-state index contributed by atoms with van der Waals surface area (Å²) in [5.41, 5.74) is -0.678. The quantitative estimate of drug-likeness (QED) is 0.0186. The largest absolute Gasteiger partial charge is 0.457 e. The van der Waals surface area contributed by atoms with Gasteiger partial charge in [0.05, 0.1) is 30.3 Å². The highest BCUT2D eigenvalue weighted by molar-refractivity contribution is 6.74. The van der Waals surface area contributed by atoms with Crippen LogP contribution in [0.25, 0.3) is 0 Å². The number of esters is 1. The molecule has 0 aliphatic carbocycles. The third-order valence-electron chi connectivity index (χ3n) is 17.2. The molecule has 0 aromatic carbocycles. The molecule has 412 valence electrons. The van der Waals surface area contributed by atoms with Gasteiger partial charge in [0.25, 0.3) is 0 Å². The van der Waals surface area contributed by atoms with Gasteiger partial charge in [0, 0.05) is 57.1 Å². The molecule has 3 aliphatic heterocycles. The van der Waals surface area contributed by atoms with Crippen LogP contribution in [0.4, 0.5) is 4.79 Å². The molecule has 2 saturated heterocycles. The molecular formula is C56H106N2O10Si3. The lowest BCUT2D eigenvalue weighted by atomic mass is 9.88. The summed E-state index contributed by atoms with van der Waals surface area (Å²) in [6.07, 6.45) is 10.9. The molecule has 0 aromatic rings. The summed E-state index contributed by atoms with van der Waals surface area (Å²) in [5, 5.41) is 0. The first kappa shape index (κ1) is 63.6. The number of nitrogens with zero attached hydrogens (tertiary/aromatic N) is 2. The van der Waals surface area contributed by atoms with Gasteiger partial charge in [-0.1, -0.05) is 107 Å². The number of piperazine rings is 1. The average molecular weight is 1050 g/mol. The number of carbonyl (C=O) groups excluding carboxylic acids is 2. The number of allylic oxidation sites excluding steroid dienone is 2. The van der Waals surface area contributed by atoms with E-state index in [2.05, 4.69) is 120 Å². The highest BCUT2D eigenvalue weighted by atomic mass is 28.4. The molecular weight excluding hydrogens is 945 g/mol. The Balaban J connectivity index is 2.10. The van der Waals surface area contributed by atoms with Gasteiger partial charge < -0.3 is 46.8 Å². The van der Waals surface area contributed by atoms with Gasteiger partial charge in [-0.05, 0) is 127 Å². The van der Waals surface area contributed by atoms with Gasteiger partial charge in [-0.25, -0.2) is 4.79 Å². The van der Waals surface area contributed by atoms with E-state index in [1.807, 2.05) is 39.8 Å². The second-order valence-electron chi connectivity index (χ2n) is 21.9. The number of hydrogen-bond acceptors (Lipinski definition) is 11. The second kappa shape index (κ2) is 29.6. The van der Waals surface area contributed by atoms with Crippen molar-refractivity contribution in [2.24, 2.45) is 11.8 Å². The van der Waals surface area contributed by atoms with Crippen molar-refractivity contribution < 1.29 is 46.6 Å². The minimum absolute atomic E-state index is 0.0765. The summed E-state index contributed by atoms with van der Waals surface area (Å²) >= 11 is 0. The molecule has 3 heterocycles. The zero-order valence-corrected chi connectivity index (χ0v) is 51.5. The van der Waals surface area contributed by atoms with Crippen molar-refractivity contribution >= 4 is 37.0 Å². The fourth-order valence-electron chi connectivity index (χ4n) is 11.2. The van der Waals surface area contributed by atoms with Crippen LogP contribution in [-0.2, 0) is 41.8 Å². The van der Waals surface area contributed by atoms with Crippen LogP contribution in [-0.4, -0.2) is 141 Å². The minimum atomic E-state index is -2.17. The van der Waals surface area contributed by atoms with E-state index in [-0.39, 0.29) is 48.6 Å². The summed E-state index contributed by atoms with van der Waals surface area (Å²) in [5.74, 6) is -0.290. The average Bonchev–Trinajstić information content (AvgIpc) is 4.13. The molecule has 71 heavy (non-hydrogen) atoms. The van der Waals surface area contributed by atoms with Crippen molar-refractivity contribution in [3.05, 3.63) is 36.0 Å². The van der Waals surface area contributed by atoms with Gasteiger partial charge in [-0.15, -0.1) is 0 Å². The lowest BCUT2D eigenvalue weighted by molar-refractivity contribution is -0.222. The van der Waals surface area contributed by atoms with Crippen LogP contribution >= 0.6 is 0 Å². The van der Waals surface area contributed by atoms with E-state index in [4.69, 9.17) is 37.0 Å². The lowest BCUT2D eigenvalue weighted by Crippen LogP contribution is -2.52. The smallest absolute Gasteiger partial charge is 0.410 e. The second-order valence-corrected chi connectivity index (χ2v) is 36.0. The molecule has 15 heteroatoms. The predicted molar refractivity (Wildman–Crippen MR) is 298 cm³/mol. The van der Waals surface area contributed by atoms with E-state index in [0.717, 1.165) is 85.9 Å². The highest BCUT2D eigenvalue weighted by Gasteiger charge is 2.51. The Labute approximate surface area is 437 Å². The maximum Gasteiger partial charge on any atom is 0.410 e. The zero-order chi connectivity index (χ0) is 53.2. The molecule has 7 unspecified atom stereocenters. The van der Waals surface area contributed by atoms with E-state index in [0.29, 0.717) is 32.5 Å². The van der Waals surface area contributed by atoms with Crippen LogP contribution in [0, 0.1) is 11.8 Å². The van der Waals surface area contributed by atoms with Crippen LogP contribution in [0.3, 0.4) is 0 Å². The summed E-state index contributed by atoms with van der Waals surface area (Å²) in [6.45, 7) is 40.3. The van der Waals surface area contributed by atoms with E-state index < -0.39 is 60.8 Å². The SMILES string of the molecule is CCOC(C)OC1(C)CCC(O[Si](CC)(CC)CC)CC(=O)OC(/C(C)=C/C=C/C(C)(C[C@@H]2O[C@H]2[C@H](C)[C@H](CC)O[Si](CC)(CC)CC)O[Si](CC)(CC)CC)C(C)C=CC1OC(=O)N1CCN(C)CC1. The Hall–Kier alpha value is -1.67. The predicted octanol–water partition coefficient (Wildman–Crippen LogP) is 13.5. The maximum atomic E-state index is 14.3. The van der Waals surface area contributed by atoms with E-state index in [9.17, 15) is 9.59 Å². The molecule has 0 aromatic heterocycles. The van der Waals surface area contributed by atoms with Crippen LogP contribution < -0.4 is 0 Å². The van der Waals surface area contributed by atoms with Gasteiger partial charge >= 0.3 is 12.1 Å². The zero-order valence-electron chi connectivity index (χ0n) is 48.5. The topological polar surface area (TPSA) is 118 Å². The Morgan fingerprint density at radius 1 is 0.873 bits per heavy atom. The van der Waals surface area contributed by atoms with Crippen molar-refractivity contribution in [1.82, 2.24) is 9.80 Å². The summed E-state index contributed by atoms with van der Waals surface area (Å²) in [4.78, 5) is 32.4. The number of amides is 1. The molecule has 1 amide bonds. The summed E-state index contributed by atoms with van der Waals surface area (Å²) in [7, 11) is -3.95. The molecule has 0 saturated carbocycles. The van der Waals surface area contributed by atoms with Crippen LogP contribution in [0.15, 0.2) is 36.0 Å². The number of rotatable bonds is 28. The highest BCUT2D eigenvalue weighted by Crippen LogP contribution is 2.43. The maximum absolute atomic E-state index is 14.3. The Kier molecular flexibility index (Phi) is 26.5. The standard InChI is InChI=1S/C56H106N2O10Si3/c1-19-48(67-70(24-6,25-7)26-8)45(14)53-49(62-53)42-55(16,68-71(27-9,28-10)29-11)35-30-31-43(12)52-44(13)32-33-50(63-54(60)58-39-37-57(18)38-40-58)56(17,65-46(15)61-20-2)36-34-47(41-51(59)64-52)66-69(21-3,22-4)23-5/h30-33,35,44-50,52-53H,19-29,34,36-42H2,1-18H3/b33-32?,35-30+,43-31+/t44?,45-,46?,47?,48+,49+,50?,52?,53+,55?,56?/m1/s1. The van der Waals surface area contributed by atoms with Gasteiger partial charge in [0.2, 0.25) is 0 Å². The number of cyclic esters (lactones) is 1. The normalized spacial score (nSPS) is 27.9. The van der Waals surface area contributed by atoms with Gasteiger partial charge in [0.1, 0.15) is 11.7 Å². The van der Waals surface area contributed by atoms with Crippen molar-refractivity contribution in [3.8, 4) is 0 Å². The summed E-state index contributed by atoms with van der Waals surface area (Å²) in [6, 6.07) is 9.37. The molecule has 2 fully saturated rings. The molecule has 3 rings (SSSR count). The number of epoxide rings is 1. The van der Waals surface area contributed by atoms with Crippen molar-refractivity contribution in [3.63, 3.8) is 0 Å². The number of likely N-dealkylation sites (N-methyl/N-ethyl adjacent to an activating group) is 1. The minimum Gasteiger partial charge on any atom is -0.457 e. The molecule has 0 radical (unpaired) electrons. The molecule has 0 spiro atoms. The van der Waals surface area contributed by atoms with Gasteiger partial charge in [0.15, 0.2) is 37.3 Å². The molecule has 3 aliphatic rings. The Bertz CT molecular complexity index is 1660. The van der Waals surface area contributed by atoms with Crippen molar-refractivity contribution in [2.45, 2.75) is 258 Å². The molecule has 0 bridgehead atoms. The monoisotopic (exact) mass is 1050 g/mol. The number of ether oxygens (including phenoxy) is 5. The first-order valence-electron chi connectivity index (χ1n) is 28.5. The lowest BCUT2D eigenvalue weighted by Gasteiger charge is -2.41. The Morgan fingerprint density at radius 2 is 1.45 bits per heavy atom. The van der Waals surface area contributed by atoms with Crippen LogP contribution in [0.5, 0.6) is 0 Å². The van der Waals surface area contributed by atoms with Crippen molar-refractivity contribution in [2.75, 3.05) is 39.8 Å². The number of hydrogen-bond donors (Lipinski definition) is 0. The fourth-order valence-corrected chi connectivity index (χ4v) is 20.2. The van der Waals surface area contributed by atoms with Crippen LogP contribution in [0.2, 0.25) is 54.4 Å². The Morgan fingerprint density at radius 3 is 1.99 bits per heavy atom. The van der Waals surface area contributed by atoms with Crippen molar-refractivity contribution in [1.29, 1.82) is 0 Å². The molecule has 12 nitrogen and oxygen atoms in total. The molecule has 0 N–H and O–H groups in total. The van der Waals surface area contributed by atoms with Gasteiger partial charge in [-0.2, -0.15) is 0 Å². The third kappa shape index (κ3) is 18.3. The first-order valence-corrected chi connectivity index (χ1v) is 36.1. The molecule has 11 atom stereocenters. The number of carbonyl (C=O) groups is 2. The van der Waals surface area contributed by atoms with E-state index in [1.165, 1.54) is 0 Å².